The largest absolute Gasteiger partial charge is 0.500 e. The standard InChI is InChI=1S/C7H7F5N2O/c1-4-3-14(2)13-5(4)15-7(11,12)6(8,9)10/h3H,1-2H3. The minimum absolute atomic E-state index is 0.0985. The number of alkyl halides is 5. The SMILES string of the molecule is Cc1cn(C)nc1OC(F)(F)C(F)(F)F. The van der Waals surface area contributed by atoms with Gasteiger partial charge in [-0.1, -0.05) is 0 Å². The highest BCUT2D eigenvalue weighted by Gasteiger charge is 2.61. The Bertz CT molecular complexity index is 357. The van der Waals surface area contributed by atoms with Crippen LogP contribution in [0.25, 0.3) is 0 Å². The second kappa shape index (κ2) is 3.35. The third kappa shape index (κ3) is 2.37. The monoisotopic (exact) mass is 230 g/mol. The third-order valence-corrected chi connectivity index (χ3v) is 1.52. The van der Waals surface area contributed by atoms with Crippen molar-refractivity contribution < 1.29 is 26.7 Å². The normalized spacial score (nSPS) is 13.0. The Hall–Kier alpha value is -1.34. The zero-order valence-corrected chi connectivity index (χ0v) is 7.77. The molecule has 0 saturated carbocycles. The van der Waals surface area contributed by atoms with Crippen molar-refractivity contribution >= 4 is 0 Å². The number of hydrogen-bond acceptors (Lipinski definition) is 2. The van der Waals surface area contributed by atoms with Crippen LogP contribution in [-0.4, -0.2) is 22.1 Å². The first kappa shape index (κ1) is 11.7. The number of hydrogen-bond donors (Lipinski definition) is 0. The second-order valence-electron chi connectivity index (χ2n) is 2.91. The maximum atomic E-state index is 12.4. The van der Waals surface area contributed by atoms with Crippen molar-refractivity contribution in [3.05, 3.63) is 11.8 Å². The highest BCUT2D eigenvalue weighted by molar-refractivity contribution is 5.21. The summed E-state index contributed by atoms with van der Waals surface area (Å²) in [4.78, 5) is 0. The van der Waals surface area contributed by atoms with Gasteiger partial charge >= 0.3 is 12.3 Å². The summed E-state index contributed by atoms with van der Waals surface area (Å²) in [5.41, 5.74) is 0.0985. The van der Waals surface area contributed by atoms with E-state index in [-0.39, 0.29) is 5.56 Å². The Balaban J connectivity index is 2.91. The molecule has 0 N–H and O–H groups in total. The van der Waals surface area contributed by atoms with E-state index >= 15 is 0 Å². The van der Waals surface area contributed by atoms with Crippen LogP contribution >= 0.6 is 0 Å². The summed E-state index contributed by atoms with van der Waals surface area (Å²) in [5.74, 6) is -0.736. The number of aromatic nitrogens is 2. The van der Waals surface area contributed by atoms with Crippen LogP contribution in [0.2, 0.25) is 0 Å². The van der Waals surface area contributed by atoms with Gasteiger partial charge in [0, 0.05) is 18.8 Å². The number of nitrogens with zero attached hydrogens (tertiary/aromatic N) is 2. The molecule has 3 nitrogen and oxygen atoms in total. The molecule has 0 aromatic carbocycles. The van der Waals surface area contributed by atoms with Gasteiger partial charge in [-0.15, -0.1) is 5.10 Å². The summed E-state index contributed by atoms with van der Waals surface area (Å²) < 4.78 is 64.7. The lowest BCUT2D eigenvalue weighted by Crippen LogP contribution is -2.42. The molecule has 8 heteroatoms. The van der Waals surface area contributed by atoms with E-state index in [1.54, 1.807) is 0 Å². The lowest BCUT2D eigenvalue weighted by atomic mass is 10.4. The van der Waals surface area contributed by atoms with Crippen LogP contribution in [0.5, 0.6) is 5.88 Å². The highest BCUT2D eigenvalue weighted by Crippen LogP contribution is 2.37. The molecule has 1 aromatic rings. The van der Waals surface area contributed by atoms with Gasteiger partial charge in [0.15, 0.2) is 0 Å². The number of halogens is 5. The molecule has 0 fully saturated rings. The quantitative estimate of drug-likeness (QED) is 0.728. The summed E-state index contributed by atoms with van der Waals surface area (Å²) >= 11 is 0. The van der Waals surface area contributed by atoms with Crippen molar-refractivity contribution in [3.63, 3.8) is 0 Å². The van der Waals surface area contributed by atoms with Crippen molar-refractivity contribution in [2.45, 2.75) is 19.2 Å². The average molecular weight is 230 g/mol. The molecule has 15 heavy (non-hydrogen) atoms. The molecule has 0 radical (unpaired) electrons. The van der Waals surface area contributed by atoms with Gasteiger partial charge < -0.3 is 4.74 Å². The average Bonchev–Trinajstić information content (AvgIpc) is 2.26. The lowest BCUT2D eigenvalue weighted by molar-refractivity contribution is -0.361. The van der Waals surface area contributed by atoms with Crippen LogP contribution < -0.4 is 4.74 Å². The van der Waals surface area contributed by atoms with Crippen LogP contribution in [0.4, 0.5) is 22.0 Å². The summed E-state index contributed by atoms with van der Waals surface area (Å²) in [7, 11) is 1.38. The maximum Gasteiger partial charge on any atom is 0.500 e. The van der Waals surface area contributed by atoms with E-state index in [2.05, 4.69) is 9.84 Å². The van der Waals surface area contributed by atoms with Crippen molar-refractivity contribution in [1.82, 2.24) is 9.78 Å². The van der Waals surface area contributed by atoms with E-state index in [0.29, 0.717) is 0 Å². The molecule has 0 aliphatic carbocycles. The van der Waals surface area contributed by atoms with Crippen LogP contribution in [0.3, 0.4) is 0 Å². The third-order valence-electron chi connectivity index (χ3n) is 1.52. The Morgan fingerprint density at radius 1 is 1.27 bits per heavy atom. The zero-order valence-electron chi connectivity index (χ0n) is 7.77. The van der Waals surface area contributed by atoms with E-state index in [1.807, 2.05) is 0 Å². The van der Waals surface area contributed by atoms with Crippen LogP contribution in [0.15, 0.2) is 6.20 Å². The minimum Gasteiger partial charge on any atom is -0.406 e. The Labute approximate surface area is 81.4 Å². The van der Waals surface area contributed by atoms with Gasteiger partial charge in [0.25, 0.3) is 0 Å². The predicted molar refractivity (Wildman–Crippen MR) is 39.6 cm³/mol. The van der Waals surface area contributed by atoms with Crippen LogP contribution in [0, 0.1) is 6.92 Å². The Kier molecular flexibility index (Phi) is 2.62. The first-order chi connectivity index (χ1) is 6.63. The molecule has 0 atom stereocenters. The molecular weight excluding hydrogens is 223 g/mol. The molecule has 86 valence electrons. The van der Waals surface area contributed by atoms with Gasteiger partial charge in [-0.05, 0) is 6.92 Å². The maximum absolute atomic E-state index is 12.4. The first-order valence-corrected chi connectivity index (χ1v) is 3.77. The number of rotatable bonds is 2. The van der Waals surface area contributed by atoms with Crippen LogP contribution in [0.1, 0.15) is 5.56 Å². The predicted octanol–water partition coefficient (Wildman–Crippen LogP) is 2.26. The topological polar surface area (TPSA) is 27.1 Å². The fourth-order valence-corrected chi connectivity index (χ4v) is 0.867. The summed E-state index contributed by atoms with van der Waals surface area (Å²) in [6.07, 6.45) is -9.72. The van der Waals surface area contributed by atoms with E-state index in [4.69, 9.17) is 0 Å². The molecule has 0 unspecified atom stereocenters. The molecule has 0 amide bonds. The lowest BCUT2D eigenvalue weighted by Gasteiger charge is -2.18. The smallest absolute Gasteiger partial charge is 0.406 e. The summed E-state index contributed by atoms with van der Waals surface area (Å²) in [5, 5.41) is 3.32. The van der Waals surface area contributed by atoms with E-state index < -0.39 is 18.2 Å². The molecule has 0 aliphatic rings. The molecule has 0 spiro atoms. The van der Waals surface area contributed by atoms with E-state index in [9.17, 15) is 22.0 Å². The fraction of sp³-hybridized carbons (Fsp3) is 0.571. The molecule has 1 heterocycles. The first-order valence-electron chi connectivity index (χ1n) is 3.77. The van der Waals surface area contributed by atoms with E-state index in [1.165, 1.54) is 20.2 Å². The van der Waals surface area contributed by atoms with Gasteiger partial charge in [-0.2, -0.15) is 22.0 Å². The molecule has 1 rings (SSSR count). The van der Waals surface area contributed by atoms with Gasteiger partial charge in [-0.3, -0.25) is 4.68 Å². The molecule has 0 bridgehead atoms. The van der Waals surface area contributed by atoms with E-state index in [0.717, 1.165) is 4.68 Å². The summed E-state index contributed by atoms with van der Waals surface area (Å²) in [6, 6.07) is 0. The Morgan fingerprint density at radius 2 is 1.80 bits per heavy atom. The van der Waals surface area contributed by atoms with Gasteiger partial charge in [-0.25, -0.2) is 0 Å². The van der Waals surface area contributed by atoms with Crippen LogP contribution in [-0.2, 0) is 7.05 Å². The number of aryl methyl sites for hydroxylation is 2. The highest BCUT2D eigenvalue weighted by atomic mass is 19.4. The second-order valence-corrected chi connectivity index (χ2v) is 2.91. The molecule has 1 aromatic heterocycles. The number of ether oxygens (including phenoxy) is 1. The molecule has 0 aliphatic heterocycles. The van der Waals surface area contributed by atoms with Gasteiger partial charge in [0.05, 0.1) is 0 Å². The van der Waals surface area contributed by atoms with Crippen molar-refractivity contribution in [3.8, 4) is 5.88 Å². The molecule has 0 saturated heterocycles. The van der Waals surface area contributed by atoms with Crippen molar-refractivity contribution in [2.24, 2.45) is 7.05 Å². The molecular formula is C7H7F5N2O. The zero-order chi connectivity index (χ0) is 11.9. The minimum atomic E-state index is -5.75. The Morgan fingerprint density at radius 3 is 2.13 bits per heavy atom. The van der Waals surface area contributed by atoms with Crippen molar-refractivity contribution in [2.75, 3.05) is 0 Å². The fourth-order valence-electron chi connectivity index (χ4n) is 0.867. The van der Waals surface area contributed by atoms with Crippen molar-refractivity contribution in [1.29, 1.82) is 0 Å². The summed E-state index contributed by atoms with van der Waals surface area (Å²) in [6.45, 7) is 1.31. The van der Waals surface area contributed by atoms with Gasteiger partial charge in [0.2, 0.25) is 5.88 Å². The van der Waals surface area contributed by atoms with Gasteiger partial charge in [0.1, 0.15) is 0 Å².